The second kappa shape index (κ2) is 7.90. The van der Waals surface area contributed by atoms with Gasteiger partial charge in [-0.25, -0.2) is 4.98 Å². The van der Waals surface area contributed by atoms with Gasteiger partial charge in [0.05, 0.1) is 0 Å². The number of carbonyl (C=O) groups is 1. The summed E-state index contributed by atoms with van der Waals surface area (Å²) < 4.78 is 4.02. The molecule has 0 aliphatic heterocycles. The minimum Gasteiger partial charge on any atom is -0.347 e. The second-order valence-corrected chi connectivity index (χ2v) is 7.20. The van der Waals surface area contributed by atoms with Crippen LogP contribution in [0.5, 0.6) is 0 Å². The first-order chi connectivity index (χ1) is 13.6. The summed E-state index contributed by atoms with van der Waals surface area (Å²) >= 11 is 6.02. The lowest BCUT2D eigenvalue weighted by Gasteiger charge is -2.19. The molecule has 1 N–H and O–H groups in total. The lowest BCUT2D eigenvalue weighted by atomic mass is 10.1. The van der Waals surface area contributed by atoms with Crippen molar-refractivity contribution in [3.8, 4) is 0 Å². The number of amides is 1. The van der Waals surface area contributed by atoms with Crippen molar-refractivity contribution in [3.05, 3.63) is 89.6 Å². The zero-order valence-corrected chi connectivity index (χ0v) is 16.3. The SMILES string of the molecule is Cn1ccnc1C(NC(=O)CCn1ccc2ccccc21)c1ccc(Cl)cc1. The lowest BCUT2D eigenvalue weighted by Crippen LogP contribution is -2.31. The largest absolute Gasteiger partial charge is 0.347 e. The summed E-state index contributed by atoms with van der Waals surface area (Å²) in [7, 11) is 1.92. The number of imidazole rings is 1. The molecule has 1 amide bonds. The summed E-state index contributed by atoms with van der Waals surface area (Å²) in [4.78, 5) is 17.2. The molecule has 5 nitrogen and oxygen atoms in total. The number of carbonyl (C=O) groups excluding carboxylic acids is 1. The molecule has 28 heavy (non-hydrogen) atoms. The number of hydrogen-bond acceptors (Lipinski definition) is 2. The third-order valence-corrected chi connectivity index (χ3v) is 5.14. The fourth-order valence-corrected chi connectivity index (χ4v) is 3.52. The highest BCUT2D eigenvalue weighted by atomic mass is 35.5. The molecule has 1 unspecified atom stereocenters. The summed E-state index contributed by atoms with van der Waals surface area (Å²) in [6, 6.07) is 17.4. The number of hydrogen-bond donors (Lipinski definition) is 1. The molecular formula is C22H21ClN4O. The van der Waals surface area contributed by atoms with Crippen molar-refractivity contribution in [3.63, 3.8) is 0 Å². The van der Waals surface area contributed by atoms with Crippen LogP contribution in [-0.4, -0.2) is 20.0 Å². The van der Waals surface area contributed by atoms with Crippen molar-refractivity contribution in [2.75, 3.05) is 0 Å². The molecule has 0 saturated carbocycles. The first kappa shape index (κ1) is 18.3. The molecule has 0 bridgehead atoms. The minimum atomic E-state index is -0.328. The normalized spacial score (nSPS) is 12.2. The highest BCUT2D eigenvalue weighted by Gasteiger charge is 2.20. The van der Waals surface area contributed by atoms with Crippen molar-refractivity contribution in [1.82, 2.24) is 19.4 Å². The number of fused-ring (bicyclic) bond motifs is 1. The molecule has 142 valence electrons. The van der Waals surface area contributed by atoms with Gasteiger partial charge in [-0.1, -0.05) is 41.9 Å². The molecule has 0 spiro atoms. The van der Waals surface area contributed by atoms with Gasteiger partial charge in [0.2, 0.25) is 5.91 Å². The van der Waals surface area contributed by atoms with Crippen LogP contribution in [0, 0.1) is 0 Å². The zero-order chi connectivity index (χ0) is 19.5. The molecule has 0 aliphatic carbocycles. The van der Waals surface area contributed by atoms with E-state index < -0.39 is 0 Å². The van der Waals surface area contributed by atoms with Crippen LogP contribution in [0.4, 0.5) is 0 Å². The minimum absolute atomic E-state index is 0.0271. The van der Waals surface area contributed by atoms with Crippen molar-refractivity contribution in [1.29, 1.82) is 0 Å². The molecule has 0 radical (unpaired) electrons. The average Bonchev–Trinajstić information content (AvgIpc) is 3.31. The summed E-state index contributed by atoms with van der Waals surface area (Å²) in [5.74, 6) is 0.753. The molecule has 1 atom stereocenters. The first-order valence-corrected chi connectivity index (χ1v) is 9.55. The Morgan fingerprint density at radius 2 is 1.89 bits per heavy atom. The van der Waals surface area contributed by atoms with Crippen molar-refractivity contribution in [2.45, 2.75) is 19.0 Å². The Hall–Kier alpha value is -3.05. The molecule has 2 aromatic carbocycles. The molecule has 4 rings (SSSR count). The number of nitrogens with zero attached hydrogens (tertiary/aromatic N) is 3. The van der Waals surface area contributed by atoms with Crippen LogP contribution < -0.4 is 5.32 Å². The quantitative estimate of drug-likeness (QED) is 0.531. The van der Waals surface area contributed by atoms with Gasteiger partial charge in [0.25, 0.3) is 0 Å². The summed E-state index contributed by atoms with van der Waals surface area (Å²) in [5.41, 5.74) is 2.08. The molecule has 6 heteroatoms. The first-order valence-electron chi connectivity index (χ1n) is 9.18. The highest BCUT2D eigenvalue weighted by molar-refractivity contribution is 6.30. The topological polar surface area (TPSA) is 51.9 Å². The van der Waals surface area contributed by atoms with E-state index in [9.17, 15) is 4.79 Å². The predicted octanol–water partition coefficient (Wildman–Crippen LogP) is 4.32. The van der Waals surface area contributed by atoms with E-state index in [1.807, 2.05) is 60.4 Å². The van der Waals surface area contributed by atoms with Gasteiger partial charge < -0.3 is 14.5 Å². The summed E-state index contributed by atoms with van der Waals surface area (Å²) in [6.07, 6.45) is 6.01. The Labute approximate surface area is 168 Å². The van der Waals surface area contributed by atoms with E-state index in [1.54, 1.807) is 6.20 Å². The van der Waals surface area contributed by atoms with Crippen LogP contribution in [0.3, 0.4) is 0 Å². The Morgan fingerprint density at radius 3 is 2.64 bits per heavy atom. The van der Waals surface area contributed by atoms with Crippen molar-refractivity contribution < 1.29 is 4.79 Å². The van der Waals surface area contributed by atoms with E-state index in [1.165, 1.54) is 5.39 Å². The smallest absolute Gasteiger partial charge is 0.222 e. The van der Waals surface area contributed by atoms with Crippen molar-refractivity contribution >= 4 is 28.4 Å². The highest BCUT2D eigenvalue weighted by Crippen LogP contribution is 2.22. The molecule has 2 heterocycles. The van der Waals surface area contributed by atoms with E-state index >= 15 is 0 Å². The van der Waals surface area contributed by atoms with E-state index in [0.29, 0.717) is 18.0 Å². The zero-order valence-electron chi connectivity index (χ0n) is 15.5. The molecule has 4 aromatic rings. The third-order valence-electron chi connectivity index (χ3n) is 4.89. The number of aryl methyl sites for hydroxylation is 2. The Bertz CT molecular complexity index is 1100. The second-order valence-electron chi connectivity index (χ2n) is 6.77. The van der Waals surface area contributed by atoms with E-state index in [2.05, 4.69) is 33.1 Å². The van der Waals surface area contributed by atoms with Crippen LogP contribution in [-0.2, 0) is 18.4 Å². The van der Waals surface area contributed by atoms with E-state index in [0.717, 1.165) is 16.9 Å². The fourth-order valence-electron chi connectivity index (χ4n) is 3.40. The molecule has 0 aliphatic rings. The van der Waals surface area contributed by atoms with E-state index in [-0.39, 0.29) is 11.9 Å². The van der Waals surface area contributed by atoms with Gasteiger partial charge in [0.1, 0.15) is 11.9 Å². The van der Waals surface area contributed by atoms with Gasteiger partial charge in [-0.05, 0) is 35.2 Å². The number of para-hydroxylation sites is 1. The number of rotatable bonds is 6. The maximum Gasteiger partial charge on any atom is 0.222 e. The van der Waals surface area contributed by atoms with Crippen molar-refractivity contribution in [2.24, 2.45) is 7.05 Å². The third kappa shape index (κ3) is 3.80. The number of benzene rings is 2. The molecule has 0 fully saturated rings. The van der Waals surface area contributed by atoms with Gasteiger partial charge in [-0.15, -0.1) is 0 Å². The Balaban J connectivity index is 1.51. The van der Waals surface area contributed by atoms with Crippen LogP contribution in [0.25, 0.3) is 10.9 Å². The molecular weight excluding hydrogens is 372 g/mol. The van der Waals surface area contributed by atoms with Crippen LogP contribution >= 0.6 is 11.6 Å². The monoisotopic (exact) mass is 392 g/mol. The summed E-state index contributed by atoms with van der Waals surface area (Å²) in [5, 5.41) is 4.96. The number of aromatic nitrogens is 3. The van der Waals surface area contributed by atoms with E-state index in [4.69, 9.17) is 11.6 Å². The van der Waals surface area contributed by atoms with Gasteiger partial charge in [-0.2, -0.15) is 0 Å². The fraction of sp³-hybridized carbons (Fsp3) is 0.182. The van der Waals surface area contributed by atoms with Crippen LogP contribution in [0.1, 0.15) is 23.9 Å². The van der Waals surface area contributed by atoms with Gasteiger partial charge in [-0.3, -0.25) is 4.79 Å². The van der Waals surface area contributed by atoms with Gasteiger partial charge in [0, 0.05) is 49.1 Å². The van der Waals surface area contributed by atoms with Crippen LogP contribution in [0.2, 0.25) is 5.02 Å². The summed E-state index contributed by atoms with van der Waals surface area (Å²) in [6.45, 7) is 0.618. The maximum absolute atomic E-state index is 12.7. The van der Waals surface area contributed by atoms with Crippen LogP contribution in [0.15, 0.2) is 73.2 Å². The predicted molar refractivity (Wildman–Crippen MR) is 111 cm³/mol. The number of halogens is 1. The average molecular weight is 393 g/mol. The molecule has 0 saturated heterocycles. The van der Waals surface area contributed by atoms with Gasteiger partial charge >= 0.3 is 0 Å². The Kier molecular flexibility index (Phi) is 5.17. The lowest BCUT2D eigenvalue weighted by molar-refractivity contribution is -0.121. The molecule has 2 aromatic heterocycles. The Morgan fingerprint density at radius 1 is 1.11 bits per heavy atom. The maximum atomic E-state index is 12.7. The number of nitrogens with one attached hydrogen (secondary N) is 1. The standard InChI is InChI=1S/C22H21ClN4O/c1-26-15-12-24-22(26)21(17-6-8-18(23)9-7-17)25-20(28)11-14-27-13-10-16-4-2-3-5-19(16)27/h2-10,12-13,15,21H,11,14H2,1H3,(H,25,28). The van der Waals surface area contributed by atoms with Gasteiger partial charge in [0.15, 0.2) is 0 Å².